The summed E-state index contributed by atoms with van der Waals surface area (Å²) < 4.78 is 11.2. The van der Waals surface area contributed by atoms with Gasteiger partial charge in [0.25, 0.3) is 0 Å². The van der Waals surface area contributed by atoms with Gasteiger partial charge in [-0.05, 0) is 25.5 Å². The van der Waals surface area contributed by atoms with Crippen molar-refractivity contribution in [2.75, 3.05) is 31.7 Å². The first-order valence-electron chi connectivity index (χ1n) is 8.38. The third-order valence-corrected chi connectivity index (χ3v) is 4.02. The molecule has 0 aliphatic carbocycles. The Balaban J connectivity index is 1.92. The van der Waals surface area contributed by atoms with E-state index in [9.17, 15) is 0 Å². The Morgan fingerprint density at radius 3 is 2.88 bits per heavy atom. The highest BCUT2D eigenvalue weighted by molar-refractivity contribution is 5.54. The van der Waals surface area contributed by atoms with E-state index in [1.54, 1.807) is 13.3 Å². The molecular weight excluding hydrogens is 304 g/mol. The lowest BCUT2D eigenvalue weighted by molar-refractivity contribution is -0.0512. The van der Waals surface area contributed by atoms with Crippen molar-refractivity contribution in [1.29, 1.82) is 0 Å². The number of ether oxygens (including phenoxy) is 2. The molecule has 0 radical (unpaired) electrons. The van der Waals surface area contributed by atoms with Crippen molar-refractivity contribution in [3.63, 3.8) is 0 Å². The fourth-order valence-electron chi connectivity index (χ4n) is 2.95. The zero-order chi connectivity index (χ0) is 16.9. The number of aryl methyl sites for hydroxylation is 1. The summed E-state index contributed by atoms with van der Waals surface area (Å²) in [4.78, 5) is 16.0. The van der Waals surface area contributed by atoms with Gasteiger partial charge in [0, 0.05) is 38.2 Å². The molecule has 1 aliphatic heterocycles. The Hall–Kier alpha value is -2.05. The van der Waals surface area contributed by atoms with E-state index >= 15 is 0 Å². The number of aromatic nitrogens is 3. The van der Waals surface area contributed by atoms with Gasteiger partial charge in [-0.1, -0.05) is 13.0 Å². The highest BCUT2D eigenvalue weighted by Gasteiger charge is 2.26. The Morgan fingerprint density at radius 2 is 2.17 bits per heavy atom. The molecule has 2 unspecified atom stereocenters. The van der Waals surface area contributed by atoms with Gasteiger partial charge in [0.05, 0.1) is 18.8 Å². The molecule has 1 saturated heterocycles. The van der Waals surface area contributed by atoms with Gasteiger partial charge in [-0.3, -0.25) is 4.98 Å². The Labute approximate surface area is 142 Å². The third kappa shape index (κ3) is 3.88. The number of pyridine rings is 1. The summed E-state index contributed by atoms with van der Waals surface area (Å²) in [6, 6.07) is 7.85. The molecule has 24 heavy (non-hydrogen) atoms. The first-order chi connectivity index (χ1) is 11.7. The Bertz CT molecular complexity index is 665. The van der Waals surface area contributed by atoms with E-state index in [1.807, 2.05) is 18.2 Å². The van der Waals surface area contributed by atoms with E-state index in [0.717, 1.165) is 36.7 Å². The lowest BCUT2D eigenvalue weighted by Gasteiger charge is -2.37. The molecule has 128 valence electrons. The predicted molar refractivity (Wildman–Crippen MR) is 93.1 cm³/mol. The average molecular weight is 328 g/mol. The molecule has 0 bridgehead atoms. The number of nitrogens with zero attached hydrogens (tertiary/aromatic N) is 4. The van der Waals surface area contributed by atoms with E-state index in [4.69, 9.17) is 14.5 Å². The maximum Gasteiger partial charge on any atom is 0.180 e. The van der Waals surface area contributed by atoms with Crippen LogP contribution in [0.15, 0.2) is 30.5 Å². The monoisotopic (exact) mass is 328 g/mol. The molecule has 0 saturated carbocycles. The van der Waals surface area contributed by atoms with Crippen LogP contribution in [-0.4, -0.2) is 54.0 Å². The number of morpholine rings is 1. The zero-order valence-electron chi connectivity index (χ0n) is 14.5. The number of anilines is 1. The number of rotatable bonds is 5. The lowest BCUT2D eigenvalue weighted by Crippen LogP contribution is -2.48. The summed E-state index contributed by atoms with van der Waals surface area (Å²) in [5.41, 5.74) is 1.81. The molecule has 6 nitrogen and oxygen atoms in total. The molecule has 0 spiro atoms. The second kappa shape index (κ2) is 7.68. The van der Waals surface area contributed by atoms with Crippen LogP contribution < -0.4 is 4.90 Å². The fourth-order valence-corrected chi connectivity index (χ4v) is 2.95. The molecule has 0 aromatic carbocycles. The van der Waals surface area contributed by atoms with Crippen molar-refractivity contribution in [1.82, 2.24) is 15.0 Å². The molecule has 3 heterocycles. The summed E-state index contributed by atoms with van der Waals surface area (Å²) in [7, 11) is 1.70. The normalized spacial score (nSPS) is 21.0. The largest absolute Gasteiger partial charge is 0.382 e. The van der Waals surface area contributed by atoms with Gasteiger partial charge in [-0.25, -0.2) is 9.97 Å². The summed E-state index contributed by atoms with van der Waals surface area (Å²) in [6.45, 7) is 6.34. The van der Waals surface area contributed by atoms with E-state index in [1.165, 1.54) is 0 Å². The second-order valence-corrected chi connectivity index (χ2v) is 6.04. The van der Waals surface area contributed by atoms with Gasteiger partial charge in [0.2, 0.25) is 0 Å². The molecule has 0 N–H and O–H groups in total. The minimum absolute atomic E-state index is 0.0529. The SMILES string of the molecule is CCc1cc(N2CC(C)OC(COC)C2)nc(-c2ccccn2)n1. The number of hydrogen-bond acceptors (Lipinski definition) is 6. The Kier molecular flexibility index (Phi) is 5.37. The number of hydrogen-bond donors (Lipinski definition) is 0. The van der Waals surface area contributed by atoms with Crippen LogP contribution in [0.1, 0.15) is 19.5 Å². The Morgan fingerprint density at radius 1 is 1.29 bits per heavy atom. The highest BCUT2D eigenvalue weighted by Crippen LogP contribution is 2.22. The van der Waals surface area contributed by atoms with Gasteiger partial charge >= 0.3 is 0 Å². The molecular formula is C18H24N4O2. The summed E-state index contributed by atoms with van der Waals surface area (Å²) in [5.74, 6) is 1.60. The van der Waals surface area contributed by atoms with Crippen molar-refractivity contribution in [2.24, 2.45) is 0 Å². The van der Waals surface area contributed by atoms with Gasteiger partial charge < -0.3 is 14.4 Å². The first-order valence-corrected chi connectivity index (χ1v) is 8.38. The second-order valence-electron chi connectivity index (χ2n) is 6.04. The lowest BCUT2D eigenvalue weighted by atomic mass is 10.2. The summed E-state index contributed by atoms with van der Waals surface area (Å²) in [6.07, 6.45) is 2.81. The van der Waals surface area contributed by atoms with Gasteiger partial charge in [0.15, 0.2) is 5.82 Å². The molecule has 1 fully saturated rings. The van der Waals surface area contributed by atoms with E-state index in [2.05, 4.69) is 34.8 Å². The van der Waals surface area contributed by atoms with Crippen molar-refractivity contribution in [3.05, 3.63) is 36.2 Å². The average Bonchev–Trinajstić information content (AvgIpc) is 2.62. The third-order valence-electron chi connectivity index (χ3n) is 4.02. The van der Waals surface area contributed by atoms with Gasteiger partial charge in [0.1, 0.15) is 11.5 Å². The van der Waals surface area contributed by atoms with Crippen LogP contribution >= 0.6 is 0 Å². The standard InChI is InChI=1S/C18H24N4O2/c1-4-14-9-17(21-18(20-14)16-7-5-6-8-19-16)22-10-13(2)24-15(11-22)12-23-3/h5-9,13,15H,4,10-12H2,1-3H3. The highest BCUT2D eigenvalue weighted by atomic mass is 16.5. The van der Waals surface area contributed by atoms with Gasteiger partial charge in [-0.2, -0.15) is 0 Å². The van der Waals surface area contributed by atoms with Crippen molar-refractivity contribution in [2.45, 2.75) is 32.5 Å². The molecule has 2 aromatic rings. The quantitative estimate of drug-likeness (QED) is 0.839. The van der Waals surface area contributed by atoms with Crippen LogP contribution in [-0.2, 0) is 15.9 Å². The van der Waals surface area contributed by atoms with Crippen LogP contribution in [0.2, 0.25) is 0 Å². The van der Waals surface area contributed by atoms with Crippen molar-refractivity contribution < 1.29 is 9.47 Å². The summed E-state index contributed by atoms with van der Waals surface area (Å²) in [5, 5.41) is 0. The zero-order valence-corrected chi connectivity index (χ0v) is 14.5. The van der Waals surface area contributed by atoms with Crippen LogP contribution in [0.3, 0.4) is 0 Å². The van der Waals surface area contributed by atoms with Crippen LogP contribution in [0, 0.1) is 0 Å². The fraction of sp³-hybridized carbons (Fsp3) is 0.500. The molecule has 3 rings (SSSR count). The van der Waals surface area contributed by atoms with E-state index in [0.29, 0.717) is 12.4 Å². The maximum absolute atomic E-state index is 5.93. The number of methoxy groups -OCH3 is 1. The topological polar surface area (TPSA) is 60.4 Å². The van der Waals surface area contributed by atoms with E-state index < -0.39 is 0 Å². The predicted octanol–water partition coefficient (Wildman–Crippen LogP) is 2.34. The van der Waals surface area contributed by atoms with Crippen LogP contribution in [0.25, 0.3) is 11.5 Å². The molecule has 2 aromatic heterocycles. The molecule has 0 amide bonds. The minimum Gasteiger partial charge on any atom is -0.382 e. The maximum atomic E-state index is 5.93. The van der Waals surface area contributed by atoms with Gasteiger partial charge in [-0.15, -0.1) is 0 Å². The smallest absolute Gasteiger partial charge is 0.180 e. The molecule has 6 heteroatoms. The summed E-state index contributed by atoms with van der Waals surface area (Å²) >= 11 is 0. The minimum atomic E-state index is 0.0529. The van der Waals surface area contributed by atoms with Crippen molar-refractivity contribution in [3.8, 4) is 11.5 Å². The molecule has 1 aliphatic rings. The van der Waals surface area contributed by atoms with E-state index in [-0.39, 0.29) is 12.2 Å². The molecule has 2 atom stereocenters. The van der Waals surface area contributed by atoms with Crippen LogP contribution in [0.5, 0.6) is 0 Å². The first kappa shape index (κ1) is 16.8. The van der Waals surface area contributed by atoms with Crippen molar-refractivity contribution >= 4 is 5.82 Å². The van der Waals surface area contributed by atoms with Crippen LogP contribution in [0.4, 0.5) is 5.82 Å².